The molecule has 2 fully saturated rings. The Labute approximate surface area is 177 Å². The molecule has 4 unspecified atom stereocenters. The van der Waals surface area contributed by atoms with Crippen molar-refractivity contribution in [1.29, 1.82) is 0 Å². The van der Waals surface area contributed by atoms with Crippen molar-refractivity contribution in [2.24, 2.45) is 5.92 Å². The van der Waals surface area contributed by atoms with Crippen LogP contribution in [0.4, 0.5) is 13.2 Å². The largest absolute Gasteiger partial charge is 0.481 e. The van der Waals surface area contributed by atoms with Gasteiger partial charge >= 0.3 is 6.18 Å². The molecule has 0 bridgehead atoms. The maximum absolute atomic E-state index is 13.3. The van der Waals surface area contributed by atoms with E-state index in [-0.39, 0.29) is 29.1 Å². The van der Waals surface area contributed by atoms with Crippen molar-refractivity contribution < 1.29 is 35.6 Å². The van der Waals surface area contributed by atoms with Crippen LogP contribution < -0.4 is 0 Å². The number of allylic oxidation sites excluding steroid dienone is 1. The number of rotatable bonds is 5. The standard InChI is InChI=1S/C20H23F3N2O5S/c1-11-6-17(24-30-11)19-8-13(19)9-25(10-19)18(26)15-7-14(31(3,27)28)4-5-16(15)29-12(2)20(21,22)23/h5-7,12-14H,4,8-10H2,1-3H3. The number of likely N-dealkylation sites (tertiary alicyclic amines) is 1. The fraction of sp³-hybridized carbons (Fsp3) is 0.600. The number of aromatic nitrogens is 1. The van der Waals surface area contributed by atoms with Crippen molar-refractivity contribution >= 4 is 15.7 Å². The maximum atomic E-state index is 13.3. The minimum absolute atomic E-state index is 0.0553. The Hall–Kier alpha value is -2.30. The molecular weight excluding hydrogens is 437 g/mol. The number of fused-ring (bicyclic) bond motifs is 1. The molecule has 3 aliphatic rings. The number of piperidine rings is 1. The summed E-state index contributed by atoms with van der Waals surface area (Å²) in [6, 6.07) is 1.83. The molecule has 1 aromatic rings. The summed E-state index contributed by atoms with van der Waals surface area (Å²) in [6.45, 7) is 3.37. The second-order valence-corrected chi connectivity index (χ2v) is 10.9. The molecule has 1 aromatic heterocycles. The lowest BCUT2D eigenvalue weighted by atomic mass is 10.0. The summed E-state index contributed by atoms with van der Waals surface area (Å²) < 4.78 is 73.3. The molecule has 31 heavy (non-hydrogen) atoms. The zero-order valence-corrected chi connectivity index (χ0v) is 18.1. The first-order valence-electron chi connectivity index (χ1n) is 9.89. The fourth-order valence-electron chi connectivity index (χ4n) is 4.32. The smallest absolute Gasteiger partial charge is 0.425 e. The van der Waals surface area contributed by atoms with Gasteiger partial charge in [0.05, 0.1) is 16.5 Å². The predicted octanol–water partition coefficient (Wildman–Crippen LogP) is 2.68. The molecule has 0 aromatic carbocycles. The Balaban J connectivity index is 1.58. The van der Waals surface area contributed by atoms with Crippen LogP contribution in [0.3, 0.4) is 0 Å². The fourth-order valence-corrected chi connectivity index (χ4v) is 5.15. The van der Waals surface area contributed by atoms with Gasteiger partial charge in [-0.2, -0.15) is 13.2 Å². The second-order valence-electron chi connectivity index (χ2n) is 8.62. The van der Waals surface area contributed by atoms with Crippen LogP contribution in [0.1, 0.15) is 31.2 Å². The van der Waals surface area contributed by atoms with E-state index >= 15 is 0 Å². The second kappa shape index (κ2) is 7.11. The molecule has 2 heterocycles. The SMILES string of the molecule is Cc1cc(C23CC2CN(C(=O)C2=CC(S(C)(=O)=O)CC=C2OC(C)C(F)(F)F)C3)no1. The Bertz CT molecular complexity index is 1070. The van der Waals surface area contributed by atoms with Crippen LogP contribution >= 0.6 is 0 Å². The van der Waals surface area contributed by atoms with E-state index in [1.807, 2.05) is 6.07 Å². The van der Waals surface area contributed by atoms with Crippen LogP contribution in [0.15, 0.2) is 34.1 Å². The van der Waals surface area contributed by atoms with E-state index in [0.717, 1.165) is 25.3 Å². The van der Waals surface area contributed by atoms with Crippen LogP contribution in [0.25, 0.3) is 0 Å². The van der Waals surface area contributed by atoms with Gasteiger partial charge in [0.1, 0.15) is 11.5 Å². The zero-order valence-electron chi connectivity index (χ0n) is 17.3. The van der Waals surface area contributed by atoms with Crippen molar-refractivity contribution in [2.45, 2.75) is 49.6 Å². The molecule has 1 amide bonds. The molecule has 4 atom stereocenters. The van der Waals surface area contributed by atoms with Crippen LogP contribution in [-0.4, -0.2) is 61.3 Å². The molecule has 0 radical (unpaired) electrons. The number of ether oxygens (including phenoxy) is 1. The van der Waals surface area contributed by atoms with E-state index in [0.29, 0.717) is 18.8 Å². The molecule has 4 rings (SSSR count). The molecule has 170 valence electrons. The first kappa shape index (κ1) is 21.9. The third kappa shape index (κ3) is 3.99. The Morgan fingerprint density at radius 2 is 2.13 bits per heavy atom. The highest BCUT2D eigenvalue weighted by Crippen LogP contribution is 2.59. The summed E-state index contributed by atoms with van der Waals surface area (Å²) in [5.74, 6) is 0.0613. The van der Waals surface area contributed by atoms with Gasteiger partial charge in [-0.1, -0.05) is 5.16 Å². The summed E-state index contributed by atoms with van der Waals surface area (Å²) in [7, 11) is -3.54. The number of carbonyl (C=O) groups is 1. The number of halogens is 3. The van der Waals surface area contributed by atoms with Crippen molar-refractivity contribution in [3.05, 3.63) is 41.0 Å². The topological polar surface area (TPSA) is 89.7 Å². The van der Waals surface area contributed by atoms with E-state index in [1.165, 1.54) is 17.1 Å². The van der Waals surface area contributed by atoms with Gasteiger partial charge in [-0.25, -0.2) is 8.42 Å². The molecule has 1 saturated carbocycles. The summed E-state index contributed by atoms with van der Waals surface area (Å²) in [5.41, 5.74) is 0.295. The van der Waals surface area contributed by atoms with Gasteiger partial charge < -0.3 is 14.2 Å². The molecule has 0 N–H and O–H groups in total. The third-order valence-electron chi connectivity index (χ3n) is 6.27. The number of nitrogens with zero attached hydrogens (tertiary/aromatic N) is 2. The average Bonchev–Trinajstić information content (AvgIpc) is 2.99. The van der Waals surface area contributed by atoms with Crippen LogP contribution in [0.2, 0.25) is 0 Å². The molecule has 11 heteroatoms. The van der Waals surface area contributed by atoms with Gasteiger partial charge in [0, 0.05) is 30.8 Å². The average molecular weight is 460 g/mol. The molecule has 0 spiro atoms. The summed E-state index contributed by atoms with van der Waals surface area (Å²) in [4.78, 5) is 14.8. The van der Waals surface area contributed by atoms with Crippen LogP contribution in [0.5, 0.6) is 0 Å². The predicted molar refractivity (Wildman–Crippen MR) is 104 cm³/mol. The highest BCUT2D eigenvalue weighted by atomic mass is 32.2. The molecule has 1 saturated heterocycles. The van der Waals surface area contributed by atoms with E-state index in [2.05, 4.69) is 5.16 Å². The normalized spacial score (nSPS) is 29.2. The van der Waals surface area contributed by atoms with Crippen molar-refractivity contribution in [3.63, 3.8) is 0 Å². The highest BCUT2D eigenvalue weighted by Gasteiger charge is 2.63. The molecule has 2 aliphatic carbocycles. The maximum Gasteiger partial charge on any atom is 0.425 e. The van der Waals surface area contributed by atoms with Crippen LogP contribution in [0, 0.1) is 12.8 Å². The Kier molecular flexibility index (Phi) is 5.03. The molecule has 7 nitrogen and oxygen atoms in total. The third-order valence-corrected chi connectivity index (χ3v) is 7.70. The van der Waals surface area contributed by atoms with E-state index in [1.54, 1.807) is 6.92 Å². The monoisotopic (exact) mass is 460 g/mol. The quantitative estimate of drug-likeness (QED) is 0.671. The number of carbonyl (C=O) groups excluding carboxylic acids is 1. The van der Waals surface area contributed by atoms with E-state index < -0.39 is 33.3 Å². The van der Waals surface area contributed by atoms with Gasteiger partial charge in [-0.05, 0) is 44.8 Å². The Morgan fingerprint density at radius 1 is 1.42 bits per heavy atom. The van der Waals surface area contributed by atoms with E-state index in [4.69, 9.17) is 9.26 Å². The zero-order chi connectivity index (χ0) is 22.8. The summed E-state index contributed by atoms with van der Waals surface area (Å²) >= 11 is 0. The summed E-state index contributed by atoms with van der Waals surface area (Å²) in [6.07, 6.45) is -2.46. The number of hydrogen-bond donors (Lipinski definition) is 0. The Morgan fingerprint density at radius 3 is 2.71 bits per heavy atom. The number of sulfone groups is 1. The number of hydrogen-bond acceptors (Lipinski definition) is 6. The van der Waals surface area contributed by atoms with Gasteiger partial charge in [0.2, 0.25) is 0 Å². The number of aryl methyl sites for hydroxylation is 1. The lowest BCUT2D eigenvalue weighted by molar-refractivity contribution is -0.202. The molecular formula is C20H23F3N2O5S. The van der Waals surface area contributed by atoms with Gasteiger partial charge in [-0.3, -0.25) is 4.79 Å². The van der Waals surface area contributed by atoms with Crippen molar-refractivity contribution in [1.82, 2.24) is 10.1 Å². The van der Waals surface area contributed by atoms with Crippen molar-refractivity contribution in [2.75, 3.05) is 19.3 Å². The highest BCUT2D eigenvalue weighted by molar-refractivity contribution is 7.91. The van der Waals surface area contributed by atoms with Crippen LogP contribution in [-0.2, 0) is 24.8 Å². The number of amides is 1. The number of alkyl halides is 3. The summed E-state index contributed by atoms with van der Waals surface area (Å²) in [5, 5.41) is 3.08. The van der Waals surface area contributed by atoms with Gasteiger partial charge in [0.25, 0.3) is 5.91 Å². The van der Waals surface area contributed by atoms with Crippen molar-refractivity contribution in [3.8, 4) is 0 Å². The first-order chi connectivity index (χ1) is 14.3. The lowest BCUT2D eigenvalue weighted by Crippen LogP contribution is -2.37. The lowest BCUT2D eigenvalue weighted by Gasteiger charge is -2.28. The van der Waals surface area contributed by atoms with Gasteiger partial charge in [-0.15, -0.1) is 0 Å². The van der Waals surface area contributed by atoms with E-state index in [9.17, 15) is 26.4 Å². The minimum atomic E-state index is -4.62. The molecule has 1 aliphatic heterocycles. The van der Waals surface area contributed by atoms with Gasteiger partial charge in [0.15, 0.2) is 15.9 Å². The first-order valence-corrected chi connectivity index (χ1v) is 11.8. The minimum Gasteiger partial charge on any atom is -0.481 e.